The van der Waals surface area contributed by atoms with Gasteiger partial charge in [0.25, 0.3) is 5.56 Å². The molecule has 0 unspecified atom stereocenters. The average molecular weight is 297 g/mol. The number of fused-ring (bicyclic) bond motifs is 1. The van der Waals surface area contributed by atoms with Crippen LogP contribution in [0.3, 0.4) is 0 Å². The minimum Gasteiger partial charge on any atom is -0.383 e. The van der Waals surface area contributed by atoms with Crippen LogP contribution in [0.2, 0.25) is 0 Å². The molecule has 2 aliphatic rings. The topological polar surface area (TPSA) is 87.9 Å². The second kappa shape index (κ2) is 5.21. The van der Waals surface area contributed by atoms with Crippen molar-refractivity contribution in [3.05, 3.63) is 51.3 Å². The third-order valence-electron chi connectivity index (χ3n) is 4.45. The van der Waals surface area contributed by atoms with Crippen molar-refractivity contribution < 1.29 is 0 Å². The summed E-state index contributed by atoms with van der Waals surface area (Å²) in [6.45, 7) is 2.22. The summed E-state index contributed by atoms with van der Waals surface area (Å²) in [5, 5.41) is 0. The average Bonchev–Trinajstić information content (AvgIpc) is 3.35. The van der Waals surface area contributed by atoms with E-state index in [-0.39, 0.29) is 5.56 Å². The standard InChI is InChI=1S/C16H19N5O/c17-14-11(2-1-6-18-14)8-21-7-5-13-12(9-21)16(22)20-15(19-13)10-3-4-10/h1-2,6,10H,3-5,7-9H2,(H2,17,18)(H,19,20,22). The number of hydrogen-bond donors (Lipinski definition) is 2. The highest BCUT2D eigenvalue weighted by molar-refractivity contribution is 5.38. The molecule has 0 bridgehead atoms. The molecule has 6 nitrogen and oxygen atoms in total. The number of nitrogens with two attached hydrogens (primary N) is 1. The third-order valence-corrected chi connectivity index (χ3v) is 4.45. The van der Waals surface area contributed by atoms with Crippen LogP contribution in [0.4, 0.5) is 5.82 Å². The number of pyridine rings is 1. The van der Waals surface area contributed by atoms with E-state index in [2.05, 4.69) is 19.9 Å². The van der Waals surface area contributed by atoms with Crippen LogP contribution in [0.25, 0.3) is 0 Å². The zero-order valence-corrected chi connectivity index (χ0v) is 12.4. The fraction of sp³-hybridized carbons (Fsp3) is 0.438. The van der Waals surface area contributed by atoms with Crippen LogP contribution in [0.1, 0.15) is 41.4 Å². The molecular weight excluding hydrogens is 278 g/mol. The van der Waals surface area contributed by atoms with Gasteiger partial charge < -0.3 is 10.7 Å². The number of nitrogens with one attached hydrogen (secondary N) is 1. The van der Waals surface area contributed by atoms with E-state index in [0.717, 1.165) is 48.5 Å². The Hall–Kier alpha value is -2.21. The zero-order valence-electron chi connectivity index (χ0n) is 12.4. The molecule has 0 saturated heterocycles. The van der Waals surface area contributed by atoms with Crippen LogP contribution in [0, 0.1) is 0 Å². The van der Waals surface area contributed by atoms with E-state index in [1.54, 1.807) is 6.20 Å². The number of nitrogens with zero attached hydrogens (tertiary/aromatic N) is 3. The van der Waals surface area contributed by atoms with Crippen molar-refractivity contribution in [3.8, 4) is 0 Å². The molecule has 2 aromatic rings. The molecule has 0 radical (unpaired) electrons. The van der Waals surface area contributed by atoms with Crippen LogP contribution in [-0.4, -0.2) is 26.4 Å². The SMILES string of the molecule is Nc1ncccc1CN1CCc2nc(C3CC3)[nH]c(=O)c2C1. The molecule has 0 atom stereocenters. The van der Waals surface area contributed by atoms with E-state index in [1.165, 1.54) is 0 Å². The summed E-state index contributed by atoms with van der Waals surface area (Å²) < 4.78 is 0. The molecule has 2 aromatic heterocycles. The van der Waals surface area contributed by atoms with E-state index in [0.29, 0.717) is 24.8 Å². The Kier molecular flexibility index (Phi) is 3.18. The minimum atomic E-state index is 0.0239. The van der Waals surface area contributed by atoms with Crippen molar-refractivity contribution in [1.29, 1.82) is 0 Å². The summed E-state index contributed by atoms with van der Waals surface area (Å²) in [5.74, 6) is 1.92. The largest absolute Gasteiger partial charge is 0.383 e. The van der Waals surface area contributed by atoms with Crippen molar-refractivity contribution in [2.24, 2.45) is 0 Å². The normalized spacial score (nSPS) is 18.2. The van der Waals surface area contributed by atoms with E-state index in [4.69, 9.17) is 5.73 Å². The van der Waals surface area contributed by atoms with Gasteiger partial charge in [0.1, 0.15) is 11.6 Å². The summed E-state index contributed by atoms with van der Waals surface area (Å²) in [6, 6.07) is 3.87. The first kappa shape index (κ1) is 13.5. The third kappa shape index (κ3) is 2.50. The predicted molar refractivity (Wildman–Crippen MR) is 83.3 cm³/mol. The maximum Gasteiger partial charge on any atom is 0.255 e. The predicted octanol–water partition coefficient (Wildman–Crippen LogP) is 1.18. The smallest absolute Gasteiger partial charge is 0.255 e. The van der Waals surface area contributed by atoms with Crippen LogP contribution in [0.15, 0.2) is 23.1 Å². The molecule has 0 spiro atoms. The molecular formula is C16H19N5O. The van der Waals surface area contributed by atoms with E-state index in [1.807, 2.05) is 12.1 Å². The highest BCUT2D eigenvalue weighted by Gasteiger charge is 2.29. The Labute approximate surface area is 128 Å². The molecule has 3 N–H and O–H groups in total. The summed E-state index contributed by atoms with van der Waals surface area (Å²) in [4.78, 5) is 26.3. The van der Waals surface area contributed by atoms with Gasteiger partial charge in [0.2, 0.25) is 0 Å². The van der Waals surface area contributed by atoms with Gasteiger partial charge in [0, 0.05) is 43.7 Å². The van der Waals surface area contributed by atoms with Gasteiger partial charge >= 0.3 is 0 Å². The second-order valence-corrected chi connectivity index (χ2v) is 6.16. The van der Waals surface area contributed by atoms with Crippen LogP contribution in [0.5, 0.6) is 0 Å². The Bertz CT molecular complexity index is 765. The highest BCUT2D eigenvalue weighted by atomic mass is 16.1. The lowest BCUT2D eigenvalue weighted by Gasteiger charge is -2.28. The summed E-state index contributed by atoms with van der Waals surface area (Å²) in [5.41, 5.74) is 8.71. The lowest BCUT2D eigenvalue weighted by Crippen LogP contribution is -2.36. The van der Waals surface area contributed by atoms with Crippen molar-refractivity contribution in [1.82, 2.24) is 19.9 Å². The number of aromatic nitrogens is 3. The molecule has 1 saturated carbocycles. The number of aromatic amines is 1. The molecule has 1 fully saturated rings. The number of anilines is 1. The van der Waals surface area contributed by atoms with E-state index < -0.39 is 0 Å². The van der Waals surface area contributed by atoms with Crippen molar-refractivity contribution in [3.63, 3.8) is 0 Å². The molecule has 1 aliphatic heterocycles. The maximum absolute atomic E-state index is 12.3. The molecule has 114 valence electrons. The molecule has 4 rings (SSSR count). The van der Waals surface area contributed by atoms with Gasteiger partial charge in [-0.25, -0.2) is 9.97 Å². The lowest BCUT2D eigenvalue weighted by atomic mass is 10.1. The van der Waals surface area contributed by atoms with Gasteiger partial charge in [-0.15, -0.1) is 0 Å². The number of H-pyrrole nitrogens is 1. The van der Waals surface area contributed by atoms with Crippen molar-refractivity contribution in [2.45, 2.75) is 38.3 Å². The minimum absolute atomic E-state index is 0.0239. The Morgan fingerprint density at radius 2 is 2.27 bits per heavy atom. The molecule has 22 heavy (non-hydrogen) atoms. The summed E-state index contributed by atoms with van der Waals surface area (Å²) in [6.07, 6.45) is 4.81. The first-order chi connectivity index (χ1) is 10.7. The number of hydrogen-bond acceptors (Lipinski definition) is 5. The monoisotopic (exact) mass is 297 g/mol. The van der Waals surface area contributed by atoms with Crippen molar-refractivity contribution in [2.75, 3.05) is 12.3 Å². The zero-order chi connectivity index (χ0) is 15.1. The van der Waals surface area contributed by atoms with Gasteiger partial charge in [-0.2, -0.15) is 0 Å². The van der Waals surface area contributed by atoms with E-state index in [9.17, 15) is 4.79 Å². The molecule has 1 aliphatic carbocycles. The Morgan fingerprint density at radius 1 is 1.41 bits per heavy atom. The Balaban J connectivity index is 1.56. The van der Waals surface area contributed by atoms with Crippen LogP contribution < -0.4 is 11.3 Å². The van der Waals surface area contributed by atoms with Crippen LogP contribution in [-0.2, 0) is 19.5 Å². The number of rotatable bonds is 3. The second-order valence-electron chi connectivity index (χ2n) is 6.16. The summed E-state index contributed by atoms with van der Waals surface area (Å²) >= 11 is 0. The van der Waals surface area contributed by atoms with Gasteiger partial charge in [-0.05, 0) is 18.9 Å². The van der Waals surface area contributed by atoms with Crippen LogP contribution >= 0.6 is 0 Å². The highest BCUT2D eigenvalue weighted by Crippen LogP contribution is 2.37. The van der Waals surface area contributed by atoms with Gasteiger partial charge in [0.15, 0.2) is 0 Å². The number of nitrogen functional groups attached to an aromatic ring is 1. The molecule has 0 amide bonds. The summed E-state index contributed by atoms with van der Waals surface area (Å²) in [7, 11) is 0. The maximum atomic E-state index is 12.3. The molecule has 3 heterocycles. The van der Waals surface area contributed by atoms with Gasteiger partial charge in [0.05, 0.1) is 11.3 Å². The van der Waals surface area contributed by atoms with Gasteiger partial charge in [-0.1, -0.05) is 6.07 Å². The Morgan fingerprint density at radius 3 is 3.05 bits per heavy atom. The van der Waals surface area contributed by atoms with Crippen molar-refractivity contribution >= 4 is 5.82 Å². The molecule has 6 heteroatoms. The fourth-order valence-electron chi connectivity index (χ4n) is 3.01. The van der Waals surface area contributed by atoms with Gasteiger partial charge in [-0.3, -0.25) is 9.69 Å². The fourth-order valence-corrected chi connectivity index (χ4v) is 3.01. The first-order valence-corrected chi connectivity index (χ1v) is 7.74. The molecule has 0 aromatic carbocycles. The van der Waals surface area contributed by atoms with E-state index >= 15 is 0 Å². The lowest BCUT2D eigenvalue weighted by molar-refractivity contribution is 0.241. The first-order valence-electron chi connectivity index (χ1n) is 7.74. The quantitative estimate of drug-likeness (QED) is 0.888.